The van der Waals surface area contributed by atoms with Crippen LogP contribution in [0.5, 0.6) is 5.75 Å². The van der Waals surface area contributed by atoms with Gasteiger partial charge in [-0.2, -0.15) is 13.2 Å². The number of hydrogen-bond donors (Lipinski definition) is 0. The Morgan fingerprint density at radius 2 is 1.96 bits per heavy atom. The van der Waals surface area contributed by atoms with Crippen molar-refractivity contribution in [3.8, 4) is 17.2 Å². The summed E-state index contributed by atoms with van der Waals surface area (Å²) in [4.78, 5) is 8.24. The number of oxazole rings is 1. The maximum atomic E-state index is 12.9. The van der Waals surface area contributed by atoms with Crippen LogP contribution in [0.25, 0.3) is 22.6 Å². The number of hydrogen-bond acceptors (Lipinski definition) is 4. The van der Waals surface area contributed by atoms with Crippen molar-refractivity contribution in [2.45, 2.75) is 38.8 Å². The number of unbranched alkanes of at least 4 members (excludes halogenated alkanes) is 3. The average molecular weight is 364 g/mol. The number of alkyl halides is 3. The normalized spacial score (nSPS) is 11.8. The minimum absolute atomic E-state index is 0.153. The van der Waals surface area contributed by atoms with E-state index in [1.807, 2.05) is 0 Å². The molecule has 0 N–H and O–H groups in total. The molecule has 2 heterocycles. The van der Waals surface area contributed by atoms with Crippen LogP contribution in [0, 0.1) is 0 Å². The lowest BCUT2D eigenvalue weighted by Crippen LogP contribution is -2.03. The molecule has 0 aliphatic carbocycles. The van der Waals surface area contributed by atoms with E-state index in [1.165, 1.54) is 6.07 Å². The van der Waals surface area contributed by atoms with Gasteiger partial charge < -0.3 is 9.15 Å². The summed E-state index contributed by atoms with van der Waals surface area (Å²) < 4.78 is 49.9. The number of pyridine rings is 1. The first-order valence-electron chi connectivity index (χ1n) is 8.54. The molecule has 2 aromatic heterocycles. The standard InChI is InChI=1S/C19H19F3N2O2/c1-2-3-4-5-10-25-17-12-23-9-8-14(17)18-24-15-11-13(19(20,21)22)6-7-16(15)26-18/h6-9,11-12H,2-5,10H2,1H3. The van der Waals surface area contributed by atoms with Gasteiger partial charge in [-0.1, -0.05) is 26.2 Å². The second kappa shape index (κ2) is 7.76. The van der Waals surface area contributed by atoms with E-state index >= 15 is 0 Å². The highest BCUT2D eigenvalue weighted by Crippen LogP contribution is 2.34. The summed E-state index contributed by atoms with van der Waals surface area (Å²) in [5.41, 5.74) is 0.256. The molecule has 0 amide bonds. The van der Waals surface area contributed by atoms with Gasteiger partial charge in [-0.3, -0.25) is 4.98 Å². The van der Waals surface area contributed by atoms with E-state index in [4.69, 9.17) is 9.15 Å². The highest BCUT2D eigenvalue weighted by Gasteiger charge is 2.31. The quantitative estimate of drug-likeness (QED) is 0.492. The first kappa shape index (κ1) is 18.2. The Hall–Kier alpha value is -2.57. The van der Waals surface area contributed by atoms with Crippen LogP contribution in [0.1, 0.15) is 38.2 Å². The lowest BCUT2D eigenvalue weighted by Gasteiger charge is -2.08. The van der Waals surface area contributed by atoms with Crippen LogP contribution in [0.3, 0.4) is 0 Å². The molecule has 0 unspecified atom stereocenters. The predicted octanol–water partition coefficient (Wildman–Crippen LogP) is 5.87. The molecular formula is C19H19F3N2O2. The van der Waals surface area contributed by atoms with Crippen molar-refractivity contribution in [3.63, 3.8) is 0 Å². The van der Waals surface area contributed by atoms with E-state index in [0.29, 0.717) is 23.5 Å². The van der Waals surface area contributed by atoms with Crippen molar-refractivity contribution in [3.05, 3.63) is 42.2 Å². The molecule has 0 radical (unpaired) electrons. The van der Waals surface area contributed by atoms with Crippen molar-refractivity contribution < 1.29 is 22.3 Å². The van der Waals surface area contributed by atoms with Gasteiger partial charge in [-0.15, -0.1) is 0 Å². The highest BCUT2D eigenvalue weighted by molar-refractivity contribution is 5.78. The topological polar surface area (TPSA) is 48.2 Å². The number of rotatable bonds is 7. The van der Waals surface area contributed by atoms with E-state index < -0.39 is 11.7 Å². The third-order valence-electron chi connectivity index (χ3n) is 3.99. The molecule has 0 bridgehead atoms. The fourth-order valence-corrected chi connectivity index (χ4v) is 2.60. The lowest BCUT2D eigenvalue weighted by atomic mass is 10.2. The van der Waals surface area contributed by atoms with Gasteiger partial charge in [0, 0.05) is 6.20 Å². The number of halogens is 3. The van der Waals surface area contributed by atoms with Crippen molar-refractivity contribution >= 4 is 11.1 Å². The molecule has 0 fully saturated rings. The van der Waals surface area contributed by atoms with Crippen molar-refractivity contribution in [1.82, 2.24) is 9.97 Å². The van der Waals surface area contributed by atoms with Gasteiger partial charge in [0.25, 0.3) is 0 Å². The lowest BCUT2D eigenvalue weighted by molar-refractivity contribution is -0.137. The van der Waals surface area contributed by atoms with Crippen LogP contribution in [0.2, 0.25) is 0 Å². The van der Waals surface area contributed by atoms with E-state index in [1.54, 1.807) is 18.5 Å². The van der Waals surface area contributed by atoms with Gasteiger partial charge >= 0.3 is 6.18 Å². The van der Waals surface area contributed by atoms with Gasteiger partial charge in [0.15, 0.2) is 5.58 Å². The summed E-state index contributed by atoms with van der Waals surface area (Å²) in [6.45, 7) is 2.68. The Balaban J connectivity index is 1.84. The van der Waals surface area contributed by atoms with Gasteiger partial charge in [0.05, 0.1) is 23.9 Å². The van der Waals surface area contributed by atoms with E-state index in [-0.39, 0.29) is 11.4 Å². The number of ether oxygens (including phenoxy) is 1. The molecule has 0 aliphatic heterocycles. The van der Waals surface area contributed by atoms with Crippen LogP contribution in [0.4, 0.5) is 13.2 Å². The average Bonchev–Trinajstić information content (AvgIpc) is 3.04. The zero-order valence-electron chi connectivity index (χ0n) is 14.3. The SMILES string of the molecule is CCCCCCOc1cnccc1-c1nc2cc(C(F)(F)F)ccc2o1. The van der Waals surface area contributed by atoms with E-state index in [0.717, 1.165) is 37.8 Å². The zero-order valence-corrected chi connectivity index (χ0v) is 14.3. The smallest absolute Gasteiger partial charge is 0.416 e. The maximum absolute atomic E-state index is 12.9. The largest absolute Gasteiger partial charge is 0.491 e. The monoisotopic (exact) mass is 364 g/mol. The second-order valence-electron chi connectivity index (χ2n) is 5.98. The first-order chi connectivity index (χ1) is 12.5. The second-order valence-corrected chi connectivity index (χ2v) is 5.98. The number of fused-ring (bicyclic) bond motifs is 1. The summed E-state index contributed by atoms with van der Waals surface area (Å²) in [6.07, 6.45) is 2.99. The summed E-state index contributed by atoms with van der Waals surface area (Å²) in [5, 5.41) is 0. The third-order valence-corrected chi connectivity index (χ3v) is 3.99. The summed E-state index contributed by atoms with van der Waals surface area (Å²) in [5.74, 6) is 0.719. The number of aromatic nitrogens is 2. The van der Waals surface area contributed by atoms with Gasteiger partial charge in [0.1, 0.15) is 11.3 Å². The Morgan fingerprint density at radius 1 is 1.12 bits per heavy atom. The molecule has 26 heavy (non-hydrogen) atoms. The molecule has 138 valence electrons. The van der Waals surface area contributed by atoms with Crippen LogP contribution >= 0.6 is 0 Å². The molecule has 1 aromatic carbocycles. The van der Waals surface area contributed by atoms with Crippen LogP contribution in [-0.2, 0) is 6.18 Å². The van der Waals surface area contributed by atoms with Crippen molar-refractivity contribution in [1.29, 1.82) is 0 Å². The summed E-state index contributed by atoms with van der Waals surface area (Å²) in [7, 11) is 0. The number of benzene rings is 1. The van der Waals surface area contributed by atoms with E-state index in [2.05, 4.69) is 16.9 Å². The third kappa shape index (κ3) is 4.15. The van der Waals surface area contributed by atoms with Crippen LogP contribution in [-0.4, -0.2) is 16.6 Å². The molecule has 0 spiro atoms. The molecule has 3 aromatic rings. The molecule has 0 saturated heterocycles. The summed E-state index contributed by atoms with van der Waals surface area (Å²) in [6, 6.07) is 4.92. The predicted molar refractivity (Wildman–Crippen MR) is 91.9 cm³/mol. The Bertz CT molecular complexity index is 875. The number of nitrogens with zero attached hydrogens (tertiary/aromatic N) is 2. The Labute approximate surface area is 149 Å². The van der Waals surface area contributed by atoms with Crippen molar-refractivity contribution in [2.75, 3.05) is 6.61 Å². The minimum Gasteiger partial charge on any atom is -0.491 e. The molecule has 0 atom stereocenters. The maximum Gasteiger partial charge on any atom is 0.416 e. The van der Waals surface area contributed by atoms with Gasteiger partial charge in [0.2, 0.25) is 5.89 Å². The molecule has 0 aliphatic rings. The zero-order chi connectivity index (χ0) is 18.6. The van der Waals surface area contributed by atoms with Crippen LogP contribution < -0.4 is 4.74 Å². The molecule has 7 heteroatoms. The fraction of sp³-hybridized carbons (Fsp3) is 0.368. The Morgan fingerprint density at radius 3 is 2.73 bits per heavy atom. The van der Waals surface area contributed by atoms with Crippen LogP contribution in [0.15, 0.2) is 41.1 Å². The van der Waals surface area contributed by atoms with Gasteiger partial charge in [-0.25, -0.2) is 4.98 Å². The fourth-order valence-electron chi connectivity index (χ4n) is 2.60. The van der Waals surface area contributed by atoms with Gasteiger partial charge in [-0.05, 0) is 30.7 Å². The van der Waals surface area contributed by atoms with E-state index in [9.17, 15) is 13.2 Å². The van der Waals surface area contributed by atoms with Crippen molar-refractivity contribution in [2.24, 2.45) is 0 Å². The first-order valence-corrected chi connectivity index (χ1v) is 8.54. The molecule has 0 saturated carbocycles. The molecular weight excluding hydrogens is 345 g/mol. The molecule has 3 rings (SSSR count). The molecule has 4 nitrogen and oxygen atoms in total. The Kier molecular flexibility index (Phi) is 5.44. The summed E-state index contributed by atoms with van der Waals surface area (Å²) >= 11 is 0. The highest BCUT2D eigenvalue weighted by atomic mass is 19.4. The minimum atomic E-state index is -4.42.